The smallest absolute Gasteiger partial charge is 0.408 e. The summed E-state index contributed by atoms with van der Waals surface area (Å²) in [5.41, 5.74) is 1.67. The van der Waals surface area contributed by atoms with Crippen molar-refractivity contribution in [3.05, 3.63) is 71.8 Å². The number of carboxylic acids is 1. The van der Waals surface area contributed by atoms with Gasteiger partial charge in [-0.05, 0) is 11.1 Å². The van der Waals surface area contributed by atoms with E-state index >= 15 is 0 Å². The number of ether oxygens (including phenoxy) is 1. The van der Waals surface area contributed by atoms with Crippen molar-refractivity contribution in [2.24, 2.45) is 0 Å². The van der Waals surface area contributed by atoms with Crippen molar-refractivity contribution in [2.75, 3.05) is 0 Å². The lowest BCUT2D eigenvalue weighted by Crippen LogP contribution is -2.44. The summed E-state index contributed by atoms with van der Waals surface area (Å²) in [4.78, 5) is 23.3. The first-order valence-corrected chi connectivity index (χ1v) is 7.33. The van der Waals surface area contributed by atoms with Gasteiger partial charge in [0.25, 0.3) is 0 Å². The van der Waals surface area contributed by atoms with Crippen molar-refractivity contribution < 1.29 is 19.4 Å². The van der Waals surface area contributed by atoms with Crippen LogP contribution in [0.5, 0.6) is 0 Å². The van der Waals surface area contributed by atoms with E-state index in [-0.39, 0.29) is 12.5 Å². The number of carbonyl (C=O) groups excluding carboxylic acids is 1. The minimum Gasteiger partial charge on any atom is -0.480 e. The van der Waals surface area contributed by atoms with E-state index in [1.165, 1.54) is 0 Å². The van der Waals surface area contributed by atoms with Crippen LogP contribution in [0.3, 0.4) is 0 Å². The van der Waals surface area contributed by atoms with Gasteiger partial charge in [0.2, 0.25) is 0 Å². The number of alkyl carbamates (subject to hydrolysis) is 1. The van der Waals surface area contributed by atoms with Crippen LogP contribution in [0.15, 0.2) is 60.7 Å². The van der Waals surface area contributed by atoms with Gasteiger partial charge in [-0.15, -0.1) is 0 Å². The molecule has 2 aromatic carbocycles. The van der Waals surface area contributed by atoms with E-state index in [0.29, 0.717) is 0 Å². The molecule has 2 N–H and O–H groups in total. The van der Waals surface area contributed by atoms with E-state index in [1.54, 1.807) is 6.92 Å². The van der Waals surface area contributed by atoms with Crippen molar-refractivity contribution in [3.8, 4) is 0 Å². The van der Waals surface area contributed by atoms with Crippen LogP contribution < -0.4 is 5.32 Å². The summed E-state index contributed by atoms with van der Waals surface area (Å²) in [6.45, 7) is 1.85. The molecule has 0 bridgehead atoms. The first-order valence-electron chi connectivity index (χ1n) is 7.33. The van der Waals surface area contributed by atoms with Crippen LogP contribution in [-0.4, -0.2) is 23.2 Å². The van der Waals surface area contributed by atoms with E-state index in [2.05, 4.69) is 5.32 Å². The van der Waals surface area contributed by atoms with Gasteiger partial charge in [0.1, 0.15) is 12.6 Å². The fourth-order valence-corrected chi connectivity index (χ4v) is 2.24. The van der Waals surface area contributed by atoms with Crippen molar-refractivity contribution in [3.63, 3.8) is 0 Å². The first-order chi connectivity index (χ1) is 11.1. The number of hydrogen-bond acceptors (Lipinski definition) is 3. The van der Waals surface area contributed by atoms with Crippen molar-refractivity contribution in [1.82, 2.24) is 5.32 Å². The molecule has 2 atom stereocenters. The third kappa shape index (κ3) is 4.85. The predicted octanol–water partition coefficient (Wildman–Crippen LogP) is 3.17. The minimum atomic E-state index is -1.10. The molecule has 2 aromatic rings. The second-order valence-electron chi connectivity index (χ2n) is 5.22. The van der Waals surface area contributed by atoms with Crippen LogP contribution in [0, 0.1) is 0 Å². The Morgan fingerprint density at radius 1 is 1.04 bits per heavy atom. The number of hydrogen-bond donors (Lipinski definition) is 2. The van der Waals surface area contributed by atoms with Crippen molar-refractivity contribution in [1.29, 1.82) is 0 Å². The van der Waals surface area contributed by atoms with Gasteiger partial charge in [-0.1, -0.05) is 67.6 Å². The molecule has 0 unspecified atom stereocenters. The number of amides is 1. The second kappa shape index (κ2) is 7.98. The summed E-state index contributed by atoms with van der Waals surface area (Å²) in [7, 11) is 0. The maximum atomic E-state index is 11.9. The van der Waals surface area contributed by atoms with Crippen LogP contribution >= 0.6 is 0 Å². The molecule has 0 spiro atoms. The third-order valence-electron chi connectivity index (χ3n) is 3.58. The molecule has 0 aliphatic rings. The molecule has 0 heterocycles. The molecule has 0 fully saturated rings. The van der Waals surface area contributed by atoms with E-state index in [4.69, 9.17) is 4.74 Å². The summed E-state index contributed by atoms with van der Waals surface area (Å²) in [6, 6.07) is 17.3. The molecule has 120 valence electrons. The Morgan fingerprint density at radius 2 is 1.61 bits per heavy atom. The first kappa shape index (κ1) is 16.5. The molecule has 5 heteroatoms. The Balaban J connectivity index is 1.96. The van der Waals surface area contributed by atoms with Gasteiger partial charge in [-0.3, -0.25) is 0 Å². The maximum Gasteiger partial charge on any atom is 0.408 e. The van der Waals surface area contributed by atoms with Gasteiger partial charge in [0.05, 0.1) is 0 Å². The fraction of sp³-hybridized carbons (Fsp3) is 0.222. The van der Waals surface area contributed by atoms with E-state index < -0.39 is 18.1 Å². The number of carboxylic acid groups (broad SMARTS) is 1. The molecular weight excluding hydrogens is 294 g/mol. The number of rotatable bonds is 6. The van der Waals surface area contributed by atoms with Crippen LogP contribution in [0.4, 0.5) is 4.79 Å². The molecule has 23 heavy (non-hydrogen) atoms. The van der Waals surface area contributed by atoms with Crippen LogP contribution in [0.1, 0.15) is 24.0 Å². The van der Waals surface area contributed by atoms with Gasteiger partial charge >= 0.3 is 12.1 Å². The van der Waals surface area contributed by atoms with Gasteiger partial charge in [-0.25, -0.2) is 9.59 Å². The van der Waals surface area contributed by atoms with Crippen LogP contribution in [0.2, 0.25) is 0 Å². The Hall–Kier alpha value is -2.82. The van der Waals surface area contributed by atoms with Gasteiger partial charge in [0, 0.05) is 5.92 Å². The summed E-state index contributed by atoms with van der Waals surface area (Å²) in [5, 5.41) is 11.8. The largest absolute Gasteiger partial charge is 0.480 e. The molecule has 0 aliphatic heterocycles. The Kier molecular flexibility index (Phi) is 5.74. The zero-order valence-corrected chi connectivity index (χ0v) is 12.8. The number of benzene rings is 2. The van der Waals surface area contributed by atoms with E-state index in [0.717, 1.165) is 11.1 Å². The molecule has 0 saturated heterocycles. The van der Waals surface area contributed by atoms with E-state index in [9.17, 15) is 14.7 Å². The Bertz CT molecular complexity index is 643. The lowest BCUT2D eigenvalue weighted by atomic mass is 9.93. The quantitative estimate of drug-likeness (QED) is 0.859. The molecule has 0 aliphatic carbocycles. The number of aliphatic carboxylic acids is 1. The molecular formula is C18H19NO4. The highest BCUT2D eigenvalue weighted by Crippen LogP contribution is 2.19. The predicted molar refractivity (Wildman–Crippen MR) is 86.0 cm³/mol. The highest BCUT2D eigenvalue weighted by atomic mass is 16.5. The summed E-state index contributed by atoms with van der Waals surface area (Å²) in [5.74, 6) is -1.48. The topological polar surface area (TPSA) is 75.6 Å². The normalized spacial score (nSPS) is 12.9. The SMILES string of the molecule is C[C@H](c1ccccc1)[C@@H](NC(=O)OCc1ccccc1)C(=O)O. The zero-order chi connectivity index (χ0) is 16.7. The number of nitrogens with one attached hydrogen (secondary N) is 1. The average molecular weight is 313 g/mol. The Morgan fingerprint density at radius 3 is 2.17 bits per heavy atom. The van der Waals surface area contributed by atoms with Gasteiger partial charge in [-0.2, -0.15) is 0 Å². The van der Waals surface area contributed by atoms with Crippen molar-refractivity contribution in [2.45, 2.75) is 25.5 Å². The maximum absolute atomic E-state index is 11.9. The summed E-state index contributed by atoms with van der Waals surface area (Å²) >= 11 is 0. The fourth-order valence-electron chi connectivity index (χ4n) is 2.24. The van der Waals surface area contributed by atoms with Crippen molar-refractivity contribution >= 4 is 12.1 Å². The number of carbonyl (C=O) groups is 2. The second-order valence-corrected chi connectivity index (χ2v) is 5.22. The summed E-state index contributed by atoms with van der Waals surface area (Å²) in [6.07, 6.45) is -0.746. The lowest BCUT2D eigenvalue weighted by Gasteiger charge is -2.21. The van der Waals surface area contributed by atoms with Crippen LogP contribution in [0.25, 0.3) is 0 Å². The highest BCUT2D eigenvalue weighted by molar-refractivity contribution is 5.81. The van der Waals surface area contributed by atoms with Crippen LogP contribution in [-0.2, 0) is 16.1 Å². The third-order valence-corrected chi connectivity index (χ3v) is 3.58. The lowest BCUT2D eigenvalue weighted by molar-refractivity contribution is -0.139. The standard InChI is InChI=1S/C18H19NO4/c1-13(15-10-6-3-7-11-15)16(17(20)21)19-18(22)23-12-14-8-4-2-5-9-14/h2-11,13,16H,12H2,1H3,(H,19,22)(H,20,21)/t13-,16-/m1/s1. The molecule has 0 aromatic heterocycles. The molecule has 0 radical (unpaired) electrons. The molecule has 2 rings (SSSR count). The highest BCUT2D eigenvalue weighted by Gasteiger charge is 2.28. The molecule has 0 saturated carbocycles. The zero-order valence-electron chi connectivity index (χ0n) is 12.8. The Labute approximate surface area is 134 Å². The monoisotopic (exact) mass is 313 g/mol. The van der Waals surface area contributed by atoms with E-state index in [1.807, 2.05) is 60.7 Å². The average Bonchev–Trinajstić information content (AvgIpc) is 2.58. The van der Waals surface area contributed by atoms with Gasteiger partial charge < -0.3 is 15.2 Å². The molecule has 1 amide bonds. The van der Waals surface area contributed by atoms with Gasteiger partial charge in [0.15, 0.2) is 0 Å². The minimum absolute atomic E-state index is 0.0960. The summed E-state index contributed by atoms with van der Waals surface area (Å²) < 4.78 is 5.08. The molecule has 5 nitrogen and oxygen atoms in total.